The standard InChI is InChI=1S/C21H23NO5/c1-4-8-16-9-6-7-10-18(16)26-14-17-11-12-19(27-17)21(24)22-15(3)13-20(23)25-5-2/h4,6-7,9-13H,1,5,8,14H2,2-3H3,(H,22,24)/b15-13+. The summed E-state index contributed by atoms with van der Waals surface area (Å²) in [5.41, 5.74) is 1.39. The Kier molecular flexibility index (Phi) is 7.43. The van der Waals surface area contributed by atoms with Gasteiger partial charge in [-0.05, 0) is 44.0 Å². The van der Waals surface area contributed by atoms with E-state index in [-0.39, 0.29) is 19.0 Å². The second kappa shape index (κ2) is 10.0. The lowest BCUT2D eigenvalue weighted by Crippen LogP contribution is -2.21. The Morgan fingerprint density at radius 1 is 1.22 bits per heavy atom. The average molecular weight is 369 g/mol. The number of para-hydroxylation sites is 1. The van der Waals surface area contributed by atoms with Crippen LogP contribution in [-0.4, -0.2) is 18.5 Å². The van der Waals surface area contributed by atoms with Gasteiger partial charge in [0.25, 0.3) is 5.91 Å². The highest BCUT2D eigenvalue weighted by Gasteiger charge is 2.13. The van der Waals surface area contributed by atoms with Crippen molar-refractivity contribution >= 4 is 11.9 Å². The number of rotatable bonds is 9. The maximum absolute atomic E-state index is 12.2. The zero-order chi connectivity index (χ0) is 19.6. The summed E-state index contributed by atoms with van der Waals surface area (Å²) in [5, 5.41) is 2.57. The molecule has 0 saturated carbocycles. The van der Waals surface area contributed by atoms with Gasteiger partial charge in [0.05, 0.1) is 6.61 Å². The molecule has 0 aliphatic carbocycles. The van der Waals surface area contributed by atoms with Crippen LogP contribution in [0.5, 0.6) is 5.75 Å². The quantitative estimate of drug-likeness (QED) is 0.413. The van der Waals surface area contributed by atoms with E-state index in [1.54, 1.807) is 26.0 Å². The van der Waals surface area contributed by atoms with Gasteiger partial charge in [-0.25, -0.2) is 4.79 Å². The first-order valence-corrected chi connectivity index (χ1v) is 8.60. The van der Waals surface area contributed by atoms with Gasteiger partial charge in [0.1, 0.15) is 18.1 Å². The van der Waals surface area contributed by atoms with Crippen LogP contribution in [0, 0.1) is 0 Å². The highest BCUT2D eigenvalue weighted by molar-refractivity contribution is 5.93. The van der Waals surface area contributed by atoms with Gasteiger partial charge in [0.15, 0.2) is 5.76 Å². The summed E-state index contributed by atoms with van der Waals surface area (Å²) in [7, 11) is 0. The lowest BCUT2D eigenvalue weighted by Gasteiger charge is -2.09. The molecule has 6 heteroatoms. The maximum atomic E-state index is 12.2. The molecule has 1 heterocycles. The first-order valence-electron chi connectivity index (χ1n) is 8.60. The van der Waals surface area contributed by atoms with Crippen LogP contribution < -0.4 is 10.1 Å². The number of benzene rings is 1. The summed E-state index contributed by atoms with van der Waals surface area (Å²) in [6.07, 6.45) is 3.72. The van der Waals surface area contributed by atoms with Crippen molar-refractivity contribution in [2.45, 2.75) is 26.9 Å². The van der Waals surface area contributed by atoms with Crippen molar-refractivity contribution in [1.29, 1.82) is 0 Å². The van der Waals surface area contributed by atoms with Gasteiger partial charge in [0, 0.05) is 11.8 Å². The number of furan rings is 1. The normalized spacial score (nSPS) is 11.0. The molecule has 1 aromatic carbocycles. The van der Waals surface area contributed by atoms with Crippen LogP contribution in [0.15, 0.2) is 65.2 Å². The Morgan fingerprint density at radius 2 is 2.00 bits per heavy atom. The Balaban J connectivity index is 1.95. The van der Waals surface area contributed by atoms with Gasteiger partial charge in [-0.2, -0.15) is 0 Å². The number of hydrogen-bond donors (Lipinski definition) is 1. The number of hydrogen-bond acceptors (Lipinski definition) is 5. The molecule has 27 heavy (non-hydrogen) atoms. The fourth-order valence-electron chi connectivity index (χ4n) is 2.33. The van der Waals surface area contributed by atoms with Gasteiger partial charge in [0.2, 0.25) is 0 Å². The van der Waals surface area contributed by atoms with Crippen LogP contribution in [0.4, 0.5) is 0 Å². The molecule has 0 spiro atoms. The molecule has 2 aromatic rings. The third-order valence-electron chi connectivity index (χ3n) is 3.52. The van der Waals surface area contributed by atoms with Crippen LogP contribution in [0.25, 0.3) is 0 Å². The van der Waals surface area contributed by atoms with Crippen molar-refractivity contribution < 1.29 is 23.5 Å². The van der Waals surface area contributed by atoms with Crippen LogP contribution >= 0.6 is 0 Å². The minimum absolute atomic E-state index is 0.129. The Bertz CT molecular complexity index is 835. The van der Waals surface area contributed by atoms with E-state index in [9.17, 15) is 9.59 Å². The van der Waals surface area contributed by atoms with E-state index in [2.05, 4.69) is 11.9 Å². The minimum atomic E-state index is -0.512. The highest BCUT2D eigenvalue weighted by atomic mass is 16.5. The highest BCUT2D eigenvalue weighted by Crippen LogP contribution is 2.20. The van der Waals surface area contributed by atoms with Gasteiger partial charge in [-0.15, -0.1) is 6.58 Å². The Hall–Kier alpha value is -3.28. The third-order valence-corrected chi connectivity index (χ3v) is 3.52. The number of amides is 1. The number of carbonyl (C=O) groups excluding carboxylic acids is 2. The lowest BCUT2D eigenvalue weighted by molar-refractivity contribution is -0.137. The van der Waals surface area contributed by atoms with E-state index in [1.807, 2.05) is 30.3 Å². The van der Waals surface area contributed by atoms with E-state index in [4.69, 9.17) is 13.9 Å². The van der Waals surface area contributed by atoms with E-state index in [0.717, 1.165) is 11.3 Å². The summed E-state index contributed by atoms with van der Waals surface area (Å²) in [6.45, 7) is 7.51. The van der Waals surface area contributed by atoms with E-state index in [0.29, 0.717) is 17.9 Å². The van der Waals surface area contributed by atoms with Crippen LogP contribution in [-0.2, 0) is 22.6 Å². The molecule has 1 N–H and O–H groups in total. The summed E-state index contributed by atoms with van der Waals surface area (Å²) in [4.78, 5) is 23.5. The number of nitrogens with one attached hydrogen (secondary N) is 1. The molecule has 1 aromatic heterocycles. The largest absolute Gasteiger partial charge is 0.485 e. The summed E-state index contributed by atoms with van der Waals surface area (Å²) < 4.78 is 16.1. The molecule has 2 rings (SSSR count). The molecule has 0 unspecified atom stereocenters. The number of allylic oxidation sites excluding steroid dienone is 2. The molecule has 0 fully saturated rings. The second-order valence-electron chi connectivity index (χ2n) is 5.69. The molecular weight excluding hydrogens is 346 g/mol. The fourth-order valence-corrected chi connectivity index (χ4v) is 2.33. The summed E-state index contributed by atoms with van der Waals surface area (Å²) in [5.74, 6) is 0.423. The Labute approximate surface area is 158 Å². The van der Waals surface area contributed by atoms with Crippen molar-refractivity contribution in [3.8, 4) is 5.75 Å². The second-order valence-corrected chi connectivity index (χ2v) is 5.69. The molecule has 1 amide bonds. The molecule has 0 atom stereocenters. The van der Waals surface area contributed by atoms with Crippen LogP contribution in [0.3, 0.4) is 0 Å². The monoisotopic (exact) mass is 369 g/mol. The maximum Gasteiger partial charge on any atom is 0.332 e. The molecule has 6 nitrogen and oxygen atoms in total. The summed E-state index contributed by atoms with van der Waals surface area (Å²) in [6, 6.07) is 10.9. The number of carbonyl (C=O) groups is 2. The van der Waals surface area contributed by atoms with E-state index < -0.39 is 11.9 Å². The average Bonchev–Trinajstić information content (AvgIpc) is 3.10. The van der Waals surface area contributed by atoms with Crippen LogP contribution in [0.1, 0.15) is 35.7 Å². The fraction of sp³-hybridized carbons (Fsp3) is 0.238. The number of esters is 1. The minimum Gasteiger partial charge on any atom is -0.485 e. The number of ether oxygens (including phenoxy) is 2. The van der Waals surface area contributed by atoms with Crippen molar-refractivity contribution in [3.05, 3.63) is 77.9 Å². The van der Waals surface area contributed by atoms with Gasteiger partial charge in [-0.1, -0.05) is 24.3 Å². The van der Waals surface area contributed by atoms with Crippen molar-refractivity contribution in [3.63, 3.8) is 0 Å². The van der Waals surface area contributed by atoms with Gasteiger partial charge >= 0.3 is 5.97 Å². The SMILES string of the molecule is C=CCc1ccccc1OCc1ccc(C(=O)N/C(C)=C/C(=O)OCC)o1. The first-order chi connectivity index (χ1) is 13.0. The van der Waals surface area contributed by atoms with Gasteiger partial charge < -0.3 is 19.2 Å². The predicted molar refractivity (Wildman–Crippen MR) is 101 cm³/mol. The molecule has 0 bridgehead atoms. The molecular formula is C21H23NO5. The summed E-state index contributed by atoms with van der Waals surface area (Å²) >= 11 is 0. The Morgan fingerprint density at radius 3 is 2.74 bits per heavy atom. The smallest absolute Gasteiger partial charge is 0.332 e. The van der Waals surface area contributed by atoms with Crippen molar-refractivity contribution in [1.82, 2.24) is 5.32 Å². The predicted octanol–water partition coefficient (Wildman–Crippen LogP) is 3.78. The topological polar surface area (TPSA) is 77.8 Å². The van der Waals surface area contributed by atoms with E-state index >= 15 is 0 Å². The van der Waals surface area contributed by atoms with Crippen molar-refractivity contribution in [2.24, 2.45) is 0 Å². The van der Waals surface area contributed by atoms with Crippen molar-refractivity contribution in [2.75, 3.05) is 6.61 Å². The zero-order valence-corrected chi connectivity index (χ0v) is 15.5. The zero-order valence-electron chi connectivity index (χ0n) is 15.5. The molecule has 0 radical (unpaired) electrons. The lowest BCUT2D eigenvalue weighted by atomic mass is 10.1. The molecule has 0 aliphatic heterocycles. The van der Waals surface area contributed by atoms with Crippen LogP contribution in [0.2, 0.25) is 0 Å². The van der Waals surface area contributed by atoms with E-state index in [1.165, 1.54) is 6.08 Å². The van der Waals surface area contributed by atoms with Gasteiger partial charge in [-0.3, -0.25) is 4.79 Å². The molecule has 0 aliphatic rings. The third kappa shape index (κ3) is 6.18. The molecule has 142 valence electrons. The first kappa shape index (κ1) is 20.0. The molecule has 0 saturated heterocycles.